The van der Waals surface area contributed by atoms with Gasteiger partial charge < -0.3 is 25.2 Å². The van der Waals surface area contributed by atoms with Gasteiger partial charge in [-0.3, -0.25) is 14.6 Å². The molecule has 2 heterocycles. The van der Waals surface area contributed by atoms with Crippen molar-refractivity contribution in [1.29, 1.82) is 0 Å². The number of amides is 2. The van der Waals surface area contributed by atoms with Gasteiger partial charge in [-0.25, -0.2) is 4.79 Å². The van der Waals surface area contributed by atoms with E-state index in [-0.39, 0.29) is 18.1 Å². The molecule has 0 bridgehead atoms. The molecule has 0 radical (unpaired) electrons. The molecule has 288 valence electrons. The molecule has 5 fully saturated rings. The van der Waals surface area contributed by atoms with E-state index in [9.17, 15) is 14.7 Å². The van der Waals surface area contributed by atoms with Gasteiger partial charge in [-0.2, -0.15) is 0 Å². The summed E-state index contributed by atoms with van der Waals surface area (Å²) >= 11 is 0. The van der Waals surface area contributed by atoms with Gasteiger partial charge in [0.1, 0.15) is 11.6 Å². The van der Waals surface area contributed by atoms with Gasteiger partial charge in [0, 0.05) is 44.2 Å². The molecule has 3 saturated carbocycles. The van der Waals surface area contributed by atoms with Crippen LogP contribution in [0.3, 0.4) is 0 Å². The summed E-state index contributed by atoms with van der Waals surface area (Å²) in [4.78, 5) is 31.5. The molecular weight excluding hydrogens is 628 g/mol. The van der Waals surface area contributed by atoms with Crippen LogP contribution in [0.1, 0.15) is 156 Å². The first-order valence-electron chi connectivity index (χ1n) is 21.2. The number of piperidine rings is 1. The van der Waals surface area contributed by atoms with Crippen molar-refractivity contribution in [2.75, 3.05) is 39.3 Å². The lowest BCUT2D eigenvalue weighted by Gasteiger charge is -2.43. The van der Waals surface area contributed by atoms with Crippen LogP contribution in [0, 0.1) is 17.8 Å². The number of β-amino-alcohol motifs (C(OH)–C–C–N with tert-alkyl or cyclic N) is 1. The van der Waals surface area contributed by atoms with Gasteiger partial charge >= 0.3 is 6.09 Å². The summed E-state index contributed by atoms with van der Waals surface area (Å²) in [5.41, 5.74) is -0.643. The van der Waals surface area contributed by atoms with Gasteiger partial charge in [-0.15, -0.1) is 0 Å². The Morgan fingerprint density at radius 2 is 1.50 bits per heavy atom. The summed E-state index contributed by atoms with van der Waals surface area (Å²) in [7, 11) is 0. The smallest absolute Gasteiger partial charge is 0.411 e. The Bertz CT molecular complexity index is 983. The van der Waals surface area contributed by atoms with Gasteiger partial charge in [0.05, 0.1) is 18.8 Å². The third-order valence-corrected chi connectivity index (χ3v) is 12.6. The molecule has 0 aromatic carbocycles. The zero-order valence-corrected chi connectivity index (χ0v) is 32.2. The molecule has 0 aromatic rings. The molecule has 3 N–H and O–H groups in total. The minimum Gasteiger partial charge on any atom is -0.444 e. The third-order valence-electron chi connectivity index (χ3n) is 12.6. The van der Waals surface area contributed by atoms with E-state index < -0.39 is 23.8 Å². The molecule has 2 aliphatic heterocycles. The predicted molar refractivity (Wildman–Crippen MR) is 200 cm³/mol. The van der Waals surface area contributed by atoms with Crippen LogP contribution < -0.4 is 10.6 Å². The fraction of sp³-hybridized carbons (Fsp3) is 0.951. The largest absolute Gasteiger partial charge is 0.444 e. The zero-order valence-electron chi connectivity index (χ0n) is 32.2. The van der Waals surface area contributed by atoms with Crippen LogP contribution in [0.2, 0.25) is 0 Å². The lowest BCUT2D eigenvalue weighted by molar-refractivity contribution is -0.130. The Morgan fingerprint density at radius 1 is 0.840 bits per heavy atom. The molecule has 4 unspecified atom stereocenters. The highest BCUT2D eigenvalue weighted by molar-refractivity contribution is 5.86. The quantitative estimate of drug-likeness (QED) is 0.166. The van der Waals surface area contributed by atoms with E-state index in [4.69, 9.17) is 9.47 Å². The SMILES string of the molecule is CC(C)(C)OC(=O)N1CCN(C[C@H](O)COC2CCCC3NCCCC32)CC1C(=O)NC(CCCC1CCCCC1)CCCC1CCCCC1. The van der Waals surface area contributed by atoms with Crippen molar-refractivity contribution in [3.05, 3.63) is 0 Å². The fourth-order valence-electron chi connectivity index (χ4n) is 9.90. The van der Waals surface area contributed by atoms with Crippen molar-refractivity contribution in [2.24, 2.45) is 17.8 Å². The molecule has 0 aromatic heterocycles. The summed E-state index contributed by atoms with van der Waals surface area (Å²) in [6.45, 7) is 8.83. The summed E-state index contributed by atoms with van der Waals surface area (Å²) < 4.78 is 12.2. The summed E-state index contributed by atoms with van der Waals surface area (Å²) in [6.07, 6.45) is 25.5. The second-order valence-electron chi connectivity index (χ2n) is 17.8. The van der Waals surface area contributed by atoms with Crippen LogP contribution in [0.4, 0.5) is 4.79 Å². The van der Waals surface area contributed by atoms with Gasteiger partial charge in [0.25, 0.3) is 0 Å². The van der Waals surface area contributed by atoms with Gasteiger partial charge in [-0.1, -0.05) is 89.9 Å². The minimum absolute atomic E-state index is 0.0790. The summed E-state index contributed by atoms with van der Waals surface area (Å²) in [6, 6.07) is 0.0136. The van der Waals surface area contributed by atoms with E-state index in [2.05, 4.69) is 15.5 Å². The Balaban J connectivity index is 1.18. The molecule has 5 aliphatic rings. The molecule has 3 aliphatic carbocycles. The van der Waals surface area contributed by atoms with Gasteiger partial charge in [0.2, 0.25) is 5.91 Å². The van der Waals surface area contributed by atoms with Gasteiger partial charge in [-0.05, 0) is 84.1 Å². The molecule has 5 atom stereocenters. The molecule has 2 saturated heterocycles. The van der Waals surface area contributed by atoms with Crippen LogP contribution in [-0.4, -0.2) is 102 Å². The number of hydrogen-bond donors (Lipinski definition) is 3. The monoisotopic (exact) mass is 703 g/mol. The lowest BCUT2D eigenvalue weighted by Crippen LogP contribution is -2.62. The first-order chi connectivity index (χ1) is 24.1. The highest BCUT2D eigenvalue weighted by Crippen LogP contribution is 2.33. The zero-order chi connectivity index (χ0) is 35.3. The van der Waals surface area contributed by atoms with E-state index in [1.165, 1.54) is 103 Å². The standard InChI is InChI=1S/C41H74N4O5/c1-41(2,3)50-40(48)45-27-26-44(28-34(46)30-49-38-24-12-23-36-35(38)22-13-25-42-36)29-37(45)39(47)43-33(20-10-18-31-14-6-4-7-15-31)21-11-19-32-16-8-5-9-17-32/h31-38,42,46H,4-30H2,1-3H3,(H,43,47)/t34-,35?,36?,37?,38?/m0/s1. The topological polar surface area (TPSA) is 103 Å². The van der Waals surface area contributed by atoms with Crippen LogP contribution in [0.15, 0.2) is 0 Å². The normalized spacial score (nSPS) is 28.3. The average molecular weight is 703 g/mol. The Morgan fingerprint density at radius 3 is 2.14 bits per heavy atom. The molecule has 2 amide bonds. The predicted octanol–water partition coefficient (Wildman–Crippen LogP) is 7.19. The van der Waals surface area contributed by atoms with E-state index in [1.807, 2.05) is 20.8 Å². The van der Waals surface area contributed by atoms with Crippen LogP contribution >= 0.6 is 0 Å². The minimum atomic E-state index is -0.654. The number of carbonyl (C=O) groups is 2. The van der Waals surface area contributed by atoms with E-state index in [0.717, 1.165) is 50.5 Å². The highest BCUT2D eigenvalue weighted by Gasteiger charge is 2.39. The fourth-order valence-corrected chi connectivity index (χ4v) is 9.90. The number of hydrogen-bond acceptors (Lipinski definition) is 7. The first kappa shape index (κ1) is 39.8. The maximum atomic E-state index is 14.2. The van der Waals surface area contributed by atoms with Crippen molar-refractivity contribution >= 4 is 12.0 Å². The number of nitrogens with one attached hydrogen (secondary N) is 2. The number of carbonyl (C=O) groups excluding carboxylic acids is 2. The number of piperazine rings is 1. The van der Waals surface area contributed by atoms with Crippen molar-refractivity contribution in [2.45, 2.75) is 192 Å². The number of fused-ring (bicyclic) bond motifs is 1. The van der Waals surface area contributed by atoms with Crippen LogP contribution in [-0.2, 0) is 14.3 Å². The highest BCUT2D eigenvalue weighted by atomic mass is 16.6. The van der Waals surface area contributed by atoms with Crippen molar-refractivity contribution in [3.8, 4) is 0 Å². The maximum Gasteiger partial charge on any atom is 0.411 e. The molecule has 9 heteroatoms. The third kappa shape index (κ3) is 12.9. The van der Waals surface area contributed by atoms with Crippen molar-refractivity contribution in [1.82, 2.24) is 20.4 Å². The van der Waals surface area contributed by atoms with Crippen LogP contribution in [0.25, 0.3) is 0 Å². The molecular formula is C41H74N4O5. The summed E-state index contributed by atoms with van der Waals surface area (Å²) in [5, 5.41) is 18.3. The number of rotatable bonds is 15. The summed E-state index contributed by atoms with van der Waals surface area (Å²) in [5.74, 6) is 2.13. The van der Waals surface area contributed by atoms with E-state index >= 15 is 0 Å². The Kier molecular flexibility index (Phi) is 16.0. The average Bonchev–Trinajstić information content (AvgIpc) is 3.10. The number of aliphatic hydroxyl groups excluding tert-OH is 1. The van der Waals surface area contributed by atoms with E-state index in [0.29, 0.717) is 44.7 Å². The molecule has 9 nitrogen and oxygen atoms in total. The lowest BCUT2D eigenvalue weighted by atomic mass is 9.77. The molecule has 0 spiro atoms. The number of nitrogens with zero attached hydrogens (tertiary/aromatic N) is 2. The molecule has 5 rings (SSSR count). The Labute approximate surface area is 304 Å². The second kappa shape index (κ2) is 20.1. The van der Waals surface area contributed by atoms with Crippen LogP contribution in [0.5, 0.6) is 0 Å². The van der Waals surface area contributed by atoms with Gasteiger partial charge in [0.15, 0.2) is 0 Å². The Hall–Kier alpha value is -1.42. The van der Waals surface area contributed by atoms with E-state index in [1.54, 1.807) is 4.90 Å². The number of aliphatic hydroxyl groups is 1. The maximum absolute atomic E-state index is 14.2. The van der Waals surface area contributed by atoms with Crippen molar-refractivity contribution in [3.63, 3.8) is 0 Å². The number of ether oxygens (including phenoxy) is 2. The van der Waals surface area contributed by atoms with Crippen molar-refractivity contribution < 1.29 is 24.2 Å². The second-order valence-corrected chi connectivity index (χ2v) is 17.8. The first-order valence-corrected chi connectivity index (χ1v) is 21.2. The molecule has 50 heavy (non-hydrogen) atoms.